The van der Waals surface area contributed by atoms with Crippen molar-refractivity contribution < 1.29 is 38.6 Å². The van der Waals surface area contributed by atoms with E-state index in [-0.39, 0.29) is 17.4 Å². The Hall–Kier alpha value is -2.48. The third-order valence-electron chi connectivity index (χ3n) is 2.71. The molecule has 0 aliphatic carbocycles. The van der Waals surface area contributed by atoms with E-state index >= 15 is 0 Å². The van der Waals surface area contributed by atoms with Gasteiger partial charge in [0, 0.05) is 0 Å². The van der Waals surface area contributed by atoms with E-state index in [1.165, 1.54) is 26.4 Å². The fourth-order valence-electron chi connectivity index (χ4n) is 1.36. The Balaban J connectivity index is 2.57. The van der Waals surface area contributed by atoms with Crippen LogP contribution in [0.4, 0.5) is 4.79 Å². The highest BCUT2D eigenvalue weighted by Crippen LogP contribution is 2.24. The van der Waals surface area contributed by atoms with Gasteiger partial charge < -0.3 is 14.2 Å². The summed E-state index contributed by atoms with van der Waals surface area (Å²) in [5.41, 5.74) is 0.0424. The summed E-state index contributed by atoms with van der Waals surface area (Å²) in [7, 11) is 2.83. The summed E-state index contributed by atoms with van der Waals surface area (Å²) < 4.78 is 14.8. The summed E-state index contributed by atoms with van der Waals surface area (Å²) in [6.07, 6.45) is -0.847. The van der Waals surface area contributed by atoms with Crippen LogP contribution < -0.4 is 9.47 Å². The van der Waals surface area contributed by atoms with E-state index in [0.717, 1.165) is 0 Å². The molecule has 8 heteroatoms. The van der Waals surface area contributed by atoms with Gasteiger partial charge in [0.05, 0.1) is 19.3 Å². The standard InChI is InChI=1S/C14H18O8/c1-5-9(2)19-14(16)21-22-20-13(15)11-8-10(17-3)6-7-12(11)18-4/h6-9H,5H2,1-4H3. The van der Waals surface area contributed by atoms with Crippen LogP contribution in [0.1, 0.15) is 30.6 Å². The summed E-state index contributed by atoms with van der Waals surface area (Å²) in [4.78, 5) is 31.5. The third kappa shape index (κ3) is 5.13. The quantitative estimate of drug-likeness (QED) is 0.431. The molecule has 0 aliphatic heterocycles. The number of carbonyl (C=O) groups excluding carboxylic acids is 2. The van der Waals surface area contributed by atoms with Crippen molar-refractivity contribution in [3.8, 4) is 11.5 Å². The molecule has 0 saturated heterocycles. The SMILES string of the molecule is CCC(C)OC(=O)OOOC(=O)c1cc(OC)ccc1OC. The zero-order valence-electron chi connectivity index (χ0n) is 12.8. The van der Waals surface area contributed by atoms with Crippen LogP contribution in [0.15, 0.2) is 18.2 Å². The highest BCUT2D eigenvalue weighted by Gasteiger charge is 2.18. The first kappa shape index (κ1) is 17.6. The van der Waals surface area contributed by atoms with Gasteiger partial charge in [0.2, 0.25) is 0 Å². The maximum atomic E-state index is 11.8. The Morgan fingerprint density at radius 2 is 1.86 bits per heavy atom. The maximum absolute atomic E-state index is 11.8. The van der Waals surface area contributed by atoms with Gasteiger partial charge in [-0.15, -0.1) is 0 Å². The Morgan fingerprint density at radius 3 is 2.45 bits per heavy atom. The van der Waals surface area contributed by atoms with Crippen LogP contribution >= 0.6 is 0 Å². The van der Waals surface area contributed by atoms with Gasteiger partial charge in [-0.05, 0) is 31.5 Å². The number of benzene rings is 1. The number of methoxy groups -OCH3 is 2. The van der Waals surface area contributed by atoms with Crippen LogP contribution in [0.25, 0.3) is 0 Å². The van der Waals surface area contributed by atoms with Crippen molar-refractivity contribution >= 4 is 12.1 Å². The average molecular weight is 314 g/mol. The normalized spacial score (nSPS) is 11.3. The predicted octanol–water partition coefficient (Wildman–Crippen LogP) is 2.66. The molecule has 0 saturated carbocycles. The van der Waals surface area contributed by atoms with Crippen molar-refractivity contribution in [2.24, 2.45) is 0 Å². The summed E-state index contributed by atoms with van der Waals surface area (Å²) in [5.74, 6) is -0.256. The van der Waals surface area contributed by atoms with Gasteiger partial charge in [0.15, 0.2) is 0 Å². The van der Waals surface area contributed by atoms with Crippen molar-refractivity contribution in [3.63, 3.8) is 0 Å². The second-order valence-electron chi connectivity index (χ2n) is 4.18. The average Bonchev–Trinajstić information content (AvgIpc) is 2.53. The van der Waals surface area contributed by atoms with Crippen LogP contribution in [0.2, 0.25) is 0 Å². The largest absolute Gasteiger partial charge is 0.543 e. The summed E-state index contributed by atoms with van der Waals surface area (Å²) in [6.45, 7) is 3.50. The number of hydrogen-bond acceptors (Lipinski definition) is 8. The lowest BCUT2D eigenvalue weighted by Crippen LogP contribution is -2.17. The van der Waals surface area contributed by atoms with E-state index in [1.807, 2.05) is 6.92 Å². The molecule has 0 fully saturated rings. The molecule has 0 heterocycles. The predicted molar refractivity (Wildman–Crippen MR) is 73.4 cm³/mol. The maximum Gasteiger partial charge on any atom is 0.543 e. The zero-order valence-corrected chi connectivity index (χ0v) is 12.8. The molecule has 1 rings (SSSR count). The van der Waals surface area contributed by atoms with Crippen molar-refractivity contribution in [1.82, 2.24) is 0 Å². The van der Waals surface area contributed by atoms with Crippen LogP contribution in [-0.2, 0) is 19.6 Å². The van der Waals surface area contributed by atoms with Gasteiger partial charge in [-0.3, -0.25) is 4.89 Å². The lowest BCUT2D eigenvalue weighted by molar-refractivity contribution is -0.452. The second-order valence-corrected chi connectivity index (χ2v) is 4.18. The molecule has 22 heavy (non-hydrogen) atoms. The van der Waals surface area contributed by atoms with Crippen molar-refractivity contribution in [2.45, 2.75) is 26.4 Å². The molecule has 1 unspecified atom stereocenters. The van der Waals surface area contributed by atoms with Crippen molar-refractivity contribution in [2.75, 3.05) is 14.2 Å². The molecule has 0 radical (unpaired) electrons. The number of rotatable bonds is 7. The molecule has 0 amide bonds. The molecule has 0 bridgehead atoms. The van der Waals surface area contributed by atoms with Crippen molar-refractivity contribution in [3.05, 3.63) is 23.8 Å². The molecule has 8 nitrogen and oxygen atoms in total. The minimum atomic E-state index is -1.11. The smallest absolute Gasteiger partial charge is 0.497 e. The van der Waals surface area contributed by atoms with E-state index in [2.05, 4.69) is 14.8 Å². The molecule has 0 N–H and O–H groups in total. The summed E-state index contributed by atoms with van der Waals surface area (Å²) >= 11 is 0. The fraction of sp³-hybridized carbons (Fsp3) is 0.429. The van der Waals surface area contributed by atoms with Crippen LogP contribution in [0.5, 0.6) is 11.5 Å². The molecule has 0 spiro atoms. The Labute approximate surface area is 127 Å². The Bertz CT molecular complexity index is 514. The first-order valence-corrected chi connectivity index (χ1v) is 6.50. The monoisotopic (exact) mass is 314 g/mol. The van der Waals surface area contributed by atoms with Gasteiger partial charge in [0.25, 0.3) is 0 Å². The first-order chi connectivity index (χ1) is 10.5. The van der Waals surface area contributed by atoms with Gasteiger partial charge in [-0.2, -0.15) is 0 Å². The van der Waals surface area contributed by atoms with E-state index < -0.39 is 12.1 Å². The third-order valence-corrected chi connectivity index (χ3v) is 2.71. The Morgan fingerprint density at radius 1 is 1.14 bits per heavy atom. The fourth-order valence-corrected chi connectivity index (χ4v) is 1.36. The molecule has 1 aromatic carbocycles. The molecule has 1 aromatic rings. The van der Waals surface area contributed by atoms with E-state index in [0.29, 0.717) is 12.2 Å². The van der Waals surface area contributed by atoms with Gasteiger partial charge in [-0.25, -0.2) is 14.5 Å². The molecular weight excluding hydrogens is 296 g/mol. The second kappa shape index (κ2) is 8.73. The minimum absolute atomic E-state index is 0.0424. The number of carbonyl (C=O) groups is 2. The first-order valence-electron chi connectivity index (χ1n) is 6.50. The van der Waals surface area contributed by atoms with Gasteiger partial charge in [-0.1, -0.05) is 6.92 Å². The van der Waals surface area contributed by atoms with Crippen molar-refractivity contribution in [1.29, 1.82) is 0 Å². The molecule has 0 aliphatic rings. The van der Waals surface area contributed by atoms with Crippen LogP contribution in [0.3, 0.4) is 0 Å². The van der Waals surface area contributed by atoms with E-state index in [9.17, 15) is 9.59 Å². The number of hydrogen-bond donors (Lipinski definition) is 0. The number of ether oxygens (including phenoxy) is 3. The molecule has 1 atom stereocenters. The molecule has 0 aromatic heterocycles. The molecule has 122 valence electrons. The summed E-state index contributed by atoms with van der Waals surface area (Å²) in [5, 5.41) is 4.11. The topological polar surface area (TPSA) is 89.5 Å². The van der Waals surface area contributed by atoms with E-state index in [1.54, 1.807) is 13.0 Å². The van der Waals surface area contributed by atoms with Crippen LogP contribution in [0, 0.1) is 0 Å². The zero-order chi connectivity index (χ0) is 16.5. The lowest BCUT2D eigenvalue weighted by atomic mass is 10.2. The molecular formula is C14H18O8. The van der Waals surface area contributed by atoms with E-state index in [4.69, 9.17) is 14.2 Å². The van der Waals surface area contributed by atoms with Gasteiger partial charge >= 0.3 is 12.1 Å². The Kier molecular flexibility index (Phi) is 6.97. The van der Waals surface area contributed by atoms with Gasteiger partial charge in [0.1, 0.15) is 23.2 Å². The minimum Gasteiger partial charge on any atom is -0.497 e. The highest BCUT2D eigenvalue weighted by molar-refractivity contribution is 5.92. The summed E-state index contributed by atoms with van der Waals surface area (Å²) in [6, 6.07) is 4.52. The van der Waals surface area contributed by atoms with Crippen LogP contribution in [-0.4, -0.2) is 32.4 Å². The lowest BCUT2D eigenvalue weighted by Gasteiger charge is -2.10. The highest BCUT2D eigenvalue weighted by atomic mass is 17.5.